The average Bonchev–Trinajstić information content (AvgIpc) is 2.80. The average molecular weight is 1180 g/mol. The highest BCUT2D eigenvalue weighted by molar-refractivity contribution is 7.13. The van der Waals surface area contributed by atoms with Gasteiger partial charge in [0.25, 0.3) is 0 Å². The second kappa shape index (κ2) is 24.5. The van der Waals surface area contributed by atoms with E-state index in [1.807, 2.05) is 80.6 Å². The van der Waals surface area contributed by atoms with Crippen molar-refractivity contribution in [3.8, 4) is 33.5 Å². The number of pyridine rings is 1. The number of phenolic OH excluding ortho intramolecular Hbond substituents is 1. The zero-order valence-electron chi connectivity index (χ0n) is 49.1. The Morgan fingerprint density at radius 2 is 1.71 bits per heavy atom. The van der Waals surface area contributed by atoms with Gasteiger partial charge in [0.1, 0.15) is 48.0 Å². The molecule has 3 amide bonds. The minimum Gasteiger partial charge on any atom is -0.508 e. The standard InChI is InChI=1S/C64H76FN11O8S/c1-6-41-13-11-14-44-29-46(77)30-48(54(41)44)56-55(65)57-49(33-66-56)59(73-22-9-7-8-10-23-73)70-62(69-57)83-36-64-20-12-24-76(64)45(19-21-64)35-82-63(81)74-27-25-72(26-28-74)52-32-51(84-71-52)53(38(2)3)61(80)75-34-47(78)31-50(75)60(79)68-39(4)42-15-17-43(18-16-42)58-40(5)67-37-85-58/h11,13-18,29-30,32-33,37-39,45,47,50,53,77-78H,6-10,12,19-28,31,34-36H2,1-5H3,(H,68,79)/t39-,45+,47+,50-,53+,64+/m0/s1. The number of hydrogen-bond acceptors (Lipinski definition) is 17. The van der Waals surface area contributed by atoms with Crippen LogP contribution in [0.3, 0.4) is 0 Å². The number of likely N-dealkylation sites (tertiary alicyclic amines) is 1. The lowest BCUT2D eigenvalue weighted by Gasteiger charge is -2.36. The number of piperazine rings is 1. The number of fused-ring (bicyclic) bond motifs is 3. The van der Waals surface area contributed by atoms with Gasteiger partial charge in [0.15, 0.2) is 17.4 Å². The molecule has 7 aromatic rings. The van der Waals surface area contributed by atoms with Gasteiger partial charge in [0, 0.05) is 76.1 Å². The third-order valence-electron chi connectivity index (χ3n) is 18.4. The minimum absolute atomic E-state index is 0.0115. The second-order valence-corrected chi connectivity index (χ2v) is 25.0. The van der Waals surface area contributed by atoms with Gasteiger partial charge in [-0.3, -0.25) is 19.5 Å². The predicted molar refractivity (Wildman–Crippen MR) is 323 cm³/mol. The normalized spacial score (nSPS) is 21.9. The number of carbonyl (C=O) groups is 3. The first-order valence-corrected chi connectivity index (χ1v) is 31.2. The van der Waals surface area contributed by atoms with Crippen LogP contribution in [0.2, 0.25) is 0 Å². The van der Waals surface area contributed by atoms with Crippen molar-refractivity contribution in [1.82, 2.24) is 45.1 Å². The van der Waals surface area contributed by atoms with E-state index in [4.69, 9.17) is 28.9 Å². The summed E-state index contributed by atoms with van der Waals surface area (Å²) in [6.07, 6.45) is 8.95. The second-order valence-electron chi connectivity index (χ2n) is 24.2. The highest BCUT2D eigenvalue weighted by Crippen LogP contribution is 2.44. The third kappa shape index (κ3) is 11.6. The van der Waals surface area contributed by atoms with Crippen LogP contribution in [0.15, 0.2) is 76.9 Å². The molecule has 21 heteroatoms. The van der Waals surface area contributed by atoms with Crippen molar-refractivity contribution in [2.45, 2.75) is 135 Å². The lowest BCUT2D eigenvalue weighted by atomic mass is 9.91. The summed E-state index contributed by atoms with van der Waals surface area (Å²) in [5.74, 6) is -0.660. The van der Waals surface area contributed by atoms with Crippen LogP contribution in [0, 0.1) is 18.7 Å². The van der Waals surface area contributed by atoms with Crippen LogP contribution < -0.4 is 19.9 Å². The highest BCUT2D eigenvalue weighted by Gasteiger charge is 2.51. The Morgan fingerprint density at radius 3 is 2.45 bits per heavy atom. The number of halogens is 1. The molecule has 448 valence electrons. The van der Waals surface area contributed by atoms with Gasteiger partial charge in [0.2, 0.25) is 11.8 Å². The number of aryl methyl sites for hydroxylation is 2. The fourth-order valence-electron chi connectivity index (χ4n) is 13.8. The number of ether oxygens (including phenoxy) is 2. The summed E-state index contributed by atoms with van der Waals surface area (Å²) in [7, 11) is 0. The Balaban J connectivity index is 0.665. The number of thiazole rings is 1. The first-order chi connectivity index (χ1) is 41.2. The van der Waals surface area contributed by atoms with E-state index in [1.165, 1.54) is 4.90 Å². The zero-order valence-corrected chi connectivity index (χ0v) is 50.0. The maximum atomic E-state index is 17.3. The molecule has 9 heterocycles. The largest absolute Gasteiger partial charge is 0.508 e. The van der Waals surface area contributed by atoms with Gasteiger partial charge in [-0.2, -0.15) is 9.97 Å². The fraction of sp³-hybridized carbons (Fsp3) is 0.500. The number of aliphatic hydroxyl groups is 1. The number of amides is 3. The van der Waals surface area contributed by atoms with Crippen LogP contribution in [0.25, 0.3) is 43.4 Å². The number of phenols is 1. The molecule has 0 bridgehead atoms. The molecule has 5 aliphatic rings. The molecule has 19 nitrogen and oxygen atoms in total. The van der Waals surface area contributed by atoms with Crippen LogP contribution in [-0.2, 0) is 20.7 Å². The van der Waals surface area contributed by atoms with E-state index < -0.39 is 23.9 Å². The summed E-state index contributed by atoms with van der Waals surface area (Å²) in [5.41, 5.74) is 6.19. The van der Waals surface area contributed by atoms with Crippen molar-refractivity contribution in [2.24, 2.45) is 5.92 Å². The van der Waals surface area contributed by atoms with Gasteiger partial charge < -0.3 is 49.1 Å². The van der Waals surface area contributed by atoms with Gasteiger partial charge in [-0.1, -0.05) is 81.2 Å². The zero-order chi connectivity index (χ0) is 59.1. The van der Waals surface area contributed by atoms with Crippen LogP contribution in [-0.4, -0.2) is 157 Å². The maximum Gasteiger partial charge on any atom is 0.409 e. The Kier molecular flexibility index (Phi) is 16.7. The Hall–Kier alpha value is -7.49. The SMILES string of the molecule is CCc1cccc2cc(O)cc(-c3ncc4c(N5CCCCCC5)nc(OC[C@]56CCCN5[C@@H](COC(=O)N5CCN(c7cc([C@H](C(=O)N8C[C@H](O)C[C@H]8C(=O)N[C@@H](C)c8ccc(-c9scnc9C)cc8)C(C)C)on7)CC5)CC6)nc4c3F)c12. The lowest BCUT2D eigenvalue weighted by Crippen LogP contribution is -2.50. The molecule has 5 saturated heterocycles. The summed E-state index contributed by atoms with van der Waals surface area (Å²) < 4.78 is 35.9. The van der Waals surface area contributed by atoms with Crippen molar-refractivity contribution in [1.29, 1.82) is 0 Å². The smallest absolute Gasteiger partial charge is 0.409 e. The fourth-order valence-corrected chi connectivity index (χ4v) is 14.6. The molecule has 3 N–H and O–H groups in total. The molecule has 0 radical (unpaired) electrons. The van der Waals surface area contributed by atoms with Crippen molar-refractivity contribution >= 4 is 62.6 Å². The van der Waals surface area contributed by atoms with Gasteiger partial charge in [-0.25, -0.2) is 14.2 Å². The topological polar surface area (TPSA) is 216 Å². The van der Waals surface area contributed by atoms with Crippen molar-refractivity contribution in [3.63, 3.8) is 0 Å². The Labute approximate surface area is 498 Å². The minimum atomic E-state index is -0.864. The van der Waals surface area contributed by atoms with Crippen LogP contribution in [0.4, 0.5) is 20.8 Å². The van der Waals surface area contributed by atoms with Crippen LogP contribution in [0.1, 0.15) is 120 Å². The maximum absolute atomic E-state index is 17.3. The summed E-state index contributed by atoms with van der Waals surface area (Å²) in [4.78, 5) is 71.9. The van der Waals surface area contributed by atoms with E-state index in [9.17, 15) is 24.6 Å². The monoisotopic (exact) mass is 1180 g/mol. The van der Waals surface area contributed by atoms with Gasteiger partial charge in [-0.15, -0.1) is 11.3 Å². The predicted octanol–water partition coefficient (Wildman–Crippen LogP) is 9.97. The molecule has 3 aromatic carbocycles. The molecule has 85 heavy (non-hydrogen) atoms. The number of nitrogens with one attached hydrogen (secondary N) is 1. The molecule has 0 saturated carbocycles. The Bertz CT molecular complexity index is 3580. The molecule has 5 fully saturated rings. The molecule has 4 aromatic heterocycles. The van der Waals surface area contributed by atoms with E-state index in [0.717, 1.165) is 115 Å². The lowest BCUT2D eigenvalue weighted by molar-refractivity contribution is -0.141. The number of aliphatic hydroxyl groups excluding tert-OH is 1. The third-order valence-corrected chi connectivity index (χ3v) is 19.4. The molecule has 5 aliphatic heterocycles. The van der Waals surface area contributed by atoms with Crippen LogP contribution in [0.5, 0.6) is 11.8 Å². The number of hydrogen-bond donors (Lipinski definition) is 3. The number of benzene rings is 3. The first-order valence-electron chi connectivity index (χ1n) is 30.3. The van der Waals surface area contributed by atoms with E-state index in [0.29, 0.717) is 61.1 Å². The van der Waals surface area contributed by atoms with E-state index >= 15 is 4.39 Å². The molecule has 0 unspecified atom stereocenters. The first kappa shape index (κ1) is 57.9. The summed E-state index contributed by atoms with van der Waals surface area (Å²) in [6.45, 7) is 14.4. The van der Waals surface area contributed by atoms with Crippen molar-refractivity contribution < 1.29 is 43.0 Å². The number of anilines is 2. The van der Waals surface area contributed by atoms with Crippen molar-refractivity contribution in [2.75, 3.05) is 75.4 Å². The summed E-state index contributed by atoms with van der Waals surface area (Å²) in [5, 5.41) is 31.3. The van der Waals surface area contributed by atoms with E-state index in [1.54, 1.807) is 40.6 Å². The molecule has 0 spiro atoms. The van der Waals surface area contributed by atoms with Gasteiger partial charge >= 0.3 is 12.1 Å². The quantitative estimate of drug-likeness (QED) is 0.0820. The molecule has 0 aliphatic carbocycles. The summed E-state index contributed by atoms with van der Waals surface area (Å²) >= 11 is 1.58. The number of aromatic hydroxyl groups is 1. The van der Waals surface area contributed by atoms with Crippen LogP contribution >= 0.6 is 11.3 Å². The van der Waals surface area contributed by atoms with E-state index in [2.05, 4.69) is 32.2 Å². The highest BCUT2D eigenvalue weighted by atomic mass is 32.1. The Morgan fingerprint density at radius 1 is 0.918 bits per heavy atom. The van der Waals surface area contributed by atoms with Gasteiger partial charge in [0.05, 0.1) is 39.2 Å². The molecular formula is C64H76FN11O8S. The number of aromatic nitrogens is 5. The molecular weight excluding hydrogens is 1100 g/mol. The number of nitrogens with zero attached hydrogens (tertiary/aromatic N) is 10. The van der Waals surface area contributed by atoms with Crippen molar-refractivity contribution in [3.05, 3.63) is 101 Å². The number of β-amino-alcohol motifs (C(OH)–C–C–N with tert-alkyl or cyclic N) is 1. The molecule has 12 rings (SSSR count). The number of rotatable bonds is 16. The van der Waals surface area contributed by atoms with Gasteiger partial charge in [-0.05, 0) is 111 Å². The summed E-state index contributed by atoms with van der Waals surface area (Å²) in [6, 6.07) is 17.8. The number of carbonyl (C=O) groups excluding carboxylic acids is 3. The molecule has 6 atom stereocenters. The van der Waals surface area contributed by atoms with E-state index in [-0.39, 0.29) is 84.0 Å².